The van der Waals surface area contributed by atoms with Crippen molar-refractivity contribution in [1.82, 2.24) is 0 Å². The Morgan fingerprint density at radius 1 is 0.952 bits per heavy atom. The Morgan fingerprint density at radius 3 is 2.52 bits per heavy atom. The molecule has 21 heavy (non-hydrogen) atoms. The van der Waals surface area contributed by atoms with Gasteiger partial charge in [-0.2, -0.15) is 0 Å². The van der Waals surface area contributed by atoms with Crippen LogP contribution in [0.3, 0.4) is 0 Å². The van der Waals surface area contributed by atoms with Crippen LogP contribution >= 0.6 is 0 Å². The Hall–Kier alpha value is -2.81. The van der Waals surface area contributed by atoms with E-state index in [0.29, 0.717) is 11.5 Å². The van der Waals surface area contributed by atoms with Crippen LogP contribution in [0.2, 0.25) is 0 Å². The Morgan fingerprint density at radius 2 is 1.71 bits per heavy atom. The number of carboxylic acids is 1. The molecule has 3 nitrogen and oxygen atoms in total. The number of carboxylic acid groups (broad SMARTS) is 1. The molecule has 104 valence electrons. The summed E-state index contributed by atoms with van der Waals surface area (Å²) in [6.07, 6.45) is 0. The molecule has 0 atom stereocenters. The van der Waals surface area contributed by atoms with Crippen molar-refractivity contribution in [3.63, 3.8) is 0 Å². The number of ether oxygens (including phenoxy) is 1. The highest BCUT2D eigenvalue weighted by Gasteiger charge is 2.13. The summed E-state index contributed by atoms with van der Waals surface area (Å²) < 4.78 is 5.86. The lowest BCUT2D eigenvalue weighted by Gasteiger charge is -2.11. The lowest BCUT2D eigenvalue weighted by molar-refractivity contribution is 0.0694. The molecule has 0 saturated heterocycles. The molecule has 3 rings (SSSR count). The molecule has 0 aliphatic heterocycles. The lowest BCUT2D eigenvalue weighted by atomic mass is 10.1. The fraction of sp³-hybridized carbons (Fsp3) is 0.0556. The molecular weight excluding hydrogens is 264 g/mol. The van der Waals surface area contributed by atoms with Gasteiger partial charge in [0.25, 0.3) is 0 Å². The van der Waals surface area contributed by atoms with Gasteiger partial charge < -0.3 is 9.84 Å². The first-order valence-corrected chi connectivity index (χ1v) is 6.65. The summed E-state index contributed by atoms with van der Waals surface area (Å²) in [5.74, 6) is 0.0119. The van der Waals surface area contributed by atoms with Gasteiger partial charge in [0.05, 0.1) is 0 Å². The number of fused-ring (bicyclic) bond motifs is 1. The van der Waals surface area contributed by atoms with Gasteiger partial charge in [0.1, 0.15) is 17.1 Å². The van der Waals surface area contributed by atoms with E-state index in [1.54, 1.807) is 12.1 Å². The highest BCUT2D eigenvalue weighted by molar-refractivity contribution is 5.92. The smallest absolute Gasteiger partial charge is 0.339 e. The maximum atomic E-state index is 11.3. The summed E-state index contributed by atoms with van der Waals surface area (Å²) in [5.41, 5.74) is 1.06. The average Bonchev–Trinajstić information content (AvgIpc) is 2.49. The molecule has 0 radical (unpaired) electrons. The Kier molecular flexibility index (Phi) is 3.32. The highest BCUT2D eigenvalue weighted by Crippen LogP contribution is 2.32. The Balaban J connectivity index is 2.09. The molecule has 3 heteroatoms. The van der Waals surface area contributed by atoms with E-state index in [-0.39, 0.29) is 5.56 Å². The first kappa shape index (κ1) is 13.2. The van der Waals surface area contributed by atoms with E-state index >= 15 is 0 Å². The second-order valence-corrected chi connectivity index (χ2v) is 4.88. The zero-order chi connectivity index (χ0) is 14.8. The largest absolute Gasteiger partial charge is 0.478 e. The van der Waals surface area contributed by atoms with E-state index in [2.05, 4.69) is 0 Å². The van der Waals surface area contributed by atoms with Crippen molar-refractivity contribution in [2.75, 3.05) is 0 Å². The van der Waals surface area contributed by atoms with Gasteiger partial charge in [0.15, 0.2) is 0 Å². The van der Waals surface area contributed by atoms with Gasteiger partial charge in [0.2, 0.25) is 0 Å². The first-order valence-electron chi connectivity index (χ1n) is 6.65. The van der Waals surface area contributed by atoms with Gasteiger partial charge >= 0.3 is 5.97 Å². The predicted octanol–water partition coefficient (Wildman–Crippen LogP) is 4.64. The Labute approximate surface area is 122 Å². The maximum Gasteiger partial charge on any atom is 0.339 e. The molecule has 0 heterocycles. The topological polar surface area (TPSA) is 46.5 Å². The van der Waals surface area contributed by atoms with Gasteiger partial charge in [-0.1, -0.05) is 48.0 Å². The predicted molar refractivity (Wildman–Crippen MR) is 82.2 cm³/mol. The summed E-state index contributed by atoms with van der Waals surface area (Å²) >= 11 is 0. The zero-order valence-electron chi connectivity index (χ0n) is 11.5. The minimum atomic E-state index is -0.992. The molecule has 0 bridgehead atoms. The first-order chi connectivity index (χ1) is 10.1. The third-order valence-electron chi connectivity index (χ3n) is 3.34. The van der Waals surface area contributed by atoms with Crippen LogP contribution in [0.4, 0.5) is 0 Å². The van der Waals surface area contributed by atoms with E-state index in [9.17, 15) is 9.90 Å². The summed E-state index contributed by atoms with van der Waals surface area (Å²) in [5, 5.41) is 11.3. The van der Waals surface area contributed by atoms with Crippen LogP contribution in [-0.4, -0.2) is 11.1 Å². The Bertz CT molecular complexity index is 816. The van der Waals surface area contributed by atoms with Crippen molar-refractivity contribution in [3.8, 4) is 11.5 Å². The van der Waals surface area contributed by atoms with Crippen LogP contribution < -0.4 is 4.74 Å². The fourth-order valence-corrected chi connectivity index (χ4v) is 2.30. The van der Waals surface area contributed by atoms with Crippen LogP contribution in [0.15, 0.2) is 60.7 Å². The SMILES string of the molecule is Cc1ccc(Oc2cccc3ccccc23)c(C(=O)O)c1. The second kappa shape index (κ2) is 5.29. The molecule has 0 aliphatic carbocycles. The number of aromatic carboxylic acids is 1. The minimum absolute atomic E-state index is 0.169. The number of aryl methyl sites for hydroxylation is 1. The van der Waals surface area contributed by atoms with E-state index in [1.165, 1.54) is 0 Å². The molecule has 0 saturated carbocycles. The molecule has 0 aliphatic rings. The fourth-order valence-electron chi connectivity index (χ4n) is 2.30. The average molecular weight is 278 g/mol. The highest BCUT2D eigenvalue weighted by atomic mass is 16.5. The van der Waals surface area contributed by atoms with E-state index < -0.39 is 5.97 Å². The van der Waals surface area contributed by atoms with Gasteiger partial charge in [-0.05, 0) is 30.5 Å². The number of hydrogen-bond acceptors (Lipinski definition) is 2. The lowest BCUT2D eigenvalue weighted by Crippen LogP contribution is -2.00. The van der Waals surface area contributed by atoms with Crippen molar-refractivity contribution in [1.29, 1.82) is 0 Å². The van der Waals surface area contributed by atoms with Crippen LogP contribution in [0.25, 0.3) is 10.8 Å². The zero-order valence-corrected chi connectivity index (χ0v) is 11.5. The monoisotopic (exact) mass is 278 g/mol. The molecule has 0 spiro atoms. The standard InChI is InChI=1S/C18H14O3/c1-12-9-10-17(15(11-12)18(19)20)21-16-8-4-6-13-5-2-3-7-14(13)16/h2-11H,1H3,(H,19,20). The molecular formula is C18H14O3. The molecule has 3 aromatic carbocycles. The maximum absolute atomic E-state index is 11.3. The summed E-state index contributed by atoms with van der Waals surface area (Å²) in [7, 11) is 0. The quantitative estimate of drug-likeness (QED) is 0.759. The van der Waals surface area contributed by atoms with Gasteiger partial charge in [0, 0.05) is 5.39 Å². The molecule has 3 aromatic rings. The number of hydrogen-bond donors (Lipinski definition) is 1. The molecule has 0 fully saturated rings. The molecule has 0 amide bonds. The number of benzene rings is 3. The molecule has 0 unspecified atom stereocenters. The number of carbonyl (C=O) groups is 1. The van der Waals surface area contributed by atoms with Gasteiger partial charge in [-0.25, -0.2) is 4.79 Å². The summed E-state index contributed by atoms with van der Waals surface area (Å²) in [6, 6.07) is 18.7. The van der Waals surface area contributed by atoms with Crippen molar-refractivity contribution >= 4 is 16.7 Å². The summed E-state index contributed by atoms with van der Waals surface area (Å²) in [6.45, 7) is 1.86. The molecule has 0 aromatic heterocycles. The molecule has 1 N–H and O–H groups in total. The summed E-state index contributed by atoms with van der Waals surface area (Å²) in [4.78, 5) is 11.3. The van der Waals surface area contributed by atoms with E-state index in [1.807, 2.05) is 55.5 Å². The van der Waals surface area contributed by atoms with E-state index in [4.69, 9.17) is 4.74 Å². The van der Waals surface area contributed by atoms with Crippen LogP contribution in [-0.2, 0) is 0 Å². The van der Waals surface area contributed by atoms with Crippen molar-refractivity contribution < 1.29 is 14.6 Å². The van der Waals surface area contributed by atoms with Gasteiger partial charge in [-0.3, -0.25) is 0 Å². The van der Waals surface area contributed by atoms with Crippen LogP contribution in [0, 0.1) is 6.92 Å². The van der Waals surface area contributed by atoms with Crippen LogP contribution in [0.1, 0.15) is 15.9 Å². The third kappa shape index (κ3) is 2.58. The minimum Gasteiger partial charge on any atom is -0.478 e. The van der Waals surface area contributed by atoms with Crippen molar-refractivity contribution in [3.05, 3.63) is 71.8 Å². The van der Waals surface area contributed by atoms with E-state index in [0.717, 1.165) is 16.3 Å². The van der Waals surface area contributed by atoms with Gasteiger partial charge in [-0.15, -0.1) is 0 Å². The van der Waals surface area contributed by atoms with Crippen LogP contribution in [0.5, 0.6) is 11.5 Å². The second-order valence-electron chi connectivity index (χ2n) is 4.88. The van der Waals surface area contributed by atoms with Crippen molar-refractivity contribution in [2.45, 2.75) is 6.92 Å². The van der Waals surface area contributed by atoms with Crippen molar-refractivity contribution in [2.24, 2.45) is 0 Å². The number of rotatable bonds is 3. The normalized spacial score (nSPS) is 10.5. The third-order valence-corrected chi connectivity index (χ3v) is 3.34.